The molecular weight excluding hydrogens is 272 g/mol. The molecule has 2 rings (SSSR count). The molecule has 1 aromatic heterocycles. The van der Waals surface area contributed by atoms with Gasteiger partial charge in [-0.2, -0.15) is 5.26 Å². The van der Waals surface area contributed by atoms with Gasteiger partial charge in [-0.25, -0.2) is 0 Å². The first-order chi connectivity index (χ1) is 9.63. The quantitative estimate of drug-likeness (QED) is 0.478. The van der Waals surface area contributed by atoms with Crippen LogP contribution in [0, 0.1) is 21.4 Å². The lowest BCUT2D eigenvalue weighted by atomic mass is 10.1. The summed E-state index contributed by atoms with van der Waals surface area (Å²) in [5.41, 5.74) is 1.21. The summed E-state index contributed by atoms with van der Waals surface area (Å²) in [7, 11) is 0. The number of nitrogens with zero attached hydrogens (tertiary/aromatic N) is 2. The smallest absolute Gasteiger partial charge is 0.258 e. The maximum absolute atomic E-state index is 10.6. The van der Waals surface area contributed by atoms with E-state index in [2.05, 4.69) is 13.0 Å². The fraction of sp³-hybridized carbons (Fsp3) is 0.133. The Morgan fingerprint density at radius 1 is 1.35 bits per heavy atom. The molecule has 5 heteroatoms. The van der Waals surface area contributed by atoms with Crippen molar-refractivity contribution in [3.05, 3.63) is 61.8 Å². The second kappa shape index (κ2) is 6.13. The lowest BCUT2D eigenvalue weighted by Crippen LogP contribution is -1.88. The van der Waals surface area contributed by atoms with Crippen molar-refractivity contribution < 1.29 is 4.92 Å². The molecule has 0 bridgehead atoms. The van der Waals surface area contributed by atoms with Gasteiger partial charge in [0.25, 0.3) is 5.69 Å². The number of rotatable bonds is 4. The van der Waals surface area contributed by atoms with Gasteiger partial charge in [-0.15, -0.1) is 11.3 Å². The molecule has 0 aliphatic rings. The van der Waals surface area contributed by atoms with Crippen molar-refractivity contribution in [3.63, 3.8) is 0 Å². The van der Waals surface area contributed by atoms with E-state index in [1.165, 1.54) is 17.0 Å². The molecule has 0 aliphatic carbocycles. The van der Waals surface area contributed by atoms with Gasteiger partial charge in [0, 0.05) is 21.9 Å². The molecule has 0 atom stereocenters. The minimum Gasteiger partial charge on any atom is -0.258 e. The molecule has 0 N–H and O–H groups in total. The first-order valence-electron chi connectivity index (χ1n) is 6.09. The standard InChI is InChI=1S/C15H12N2O2S/c1-2-14-7-8-15(20-14)9-12(10-16)11-3-5-13(6-4-11)17(18)19/h3-9H,2H2,1H3/b12-9+. The van der Waals surface area contributed by atoms with Crippen molar-refractivity contribution in [2.24, 2.45) is 0 Å². The molecule has 0 saturated carbocycles. The second-order valence-electron chi connectivity index (χ2n) is 4.13. The van der Waals surface area contributed by atoms with Crippen LogP contribution in [0.1, 0.15) is 22.2 Å². The summed E-state index contributed by atoms with van der Waals surface area (Å²) < 4.78 is 0. The largest absolute Gasteiger partial charge is 0.269 e. The van der Waals surface area contributed by atoms with Gasteiger partial charge in [0.05, 0.1) is 16.6 Å². The highest BCUT2D eigenvalue weighted by Crippen LogP contribution is 2.24. The Balaban J connectivity index is 2.32. The van der Waals surface area contributed by atoms with Crippen molar-refractivity contribution in [1.29, 1.82) is 5.26 Å². The normalized spacial score (nSPS) is 11.1. The zero-order valence-corrected chi connectivity index (χ0v) is 11.7. The summed E-state index contributed by atoms with van der Waals surface area (Å²) in [5, 5.41) is 19.8. The minimum absolute atomic E-state index is 0.0235. The number of hydrogen-bond donors (Lipinski definition) is 0. The van der Waals surface area contributed by atoms with Crippen LogP contribution in [0.2, 0.25) is 0 Å². The van der Waals surface area contributed by atoms with E-state index in [1.807, 2.05) is 18.2 Å². The van der Waals surface area contributed by atoms with Crippen LogP contribution in [-0.2, 0) is 6.42 Å². The van der Waals surface area contributed by atoms with Gasteiger partial charge >= 0.3 is 0 Å². The summed E-state index contributed by atoms with van der Waals surface area (Å²) >= 11 is 1.64. The molecular formula is C15H12N2O2S. The molecule has 0 fully saturated rings. The van der Waals surface area contributed by atoms with Crippen LogP contribution in [0.4, 0.5) is 5.69 Å². The average molecular weight is 284 g/mol. The van der Waals surface area contributed by atoms with Gasteiger partial charge in [-0.1, -0.05) is 6.92 Å². The van der Waals surface area contributed by atoms with Crippen molar-refractivity contribution in [2.75, 3.05) is 0 Å². The second-order valence-corrected chi connectivity index (χ2v) is 5.33. The molecule has 0 saturated heterocycles. The number of benzene rings is 1. The van der Waals surface area contributed by atoms with Gasteiger partial charge in [-0.05, 0) is 42.3 Å². The molecule has 1 heterocycles. The summed E-state index contributed by atoms with van der Waals surface area (Å²) in [6, 6.07) is 12.2. The van der Waals surface area contributed by atoms with Crippen molar-refractivity contribution >= 4 is 28.7 Å². The number of allylic oxidation sites excluding steroid dienone is 1. The summed E-state index contributed by atoms with van der Waals surface area (Å²) in [5.74, 6) is 0. The number of aryl methyl sites for hydroxylation is 1. The minimum atomic E-state index is -0.452. The summed E-state index contributed by atoms with van der Waals surface area (Å²) in [4.78, 5) is 12.4. The van der Waals surface area contributed by atoms with Crippen LogP contribution < -0.4 is 0 Å². The third-order valence-electron chi connectivity index (χ3n) is 2.83. The average Bonchev–Trinajstić information content (AvgIpc) is 2.92. The van der Waals surface area contributed by atoms with Crippen molar-refractivity contribution in [1.82, 2.24) is 0 Å². The van der Waals surface area contributed by atoms with Crippen LogP contribution >= 0.6 is 11.3 Å². The molecule has 1 aromatic carbocycles. The van der Waals surface area contributed by atoms with Crippen molar-refractivity contribution in [2.45, 2.75) is 13.3 Å². The summed E-state index contributed by atoms with van der Waals surface area (Å²) in [6.07, 6.45) is 2.78. The maximum atomic E-state index is 10.6. The number of nitro groups is 1. The van der Waals surface area contributed by atoms with Gasteiger partial charge in [0.15, 0.2) is 0 Å². The van der Waals surface area contributed by atoms with E-state index in [9.17, 15) is 15.4 Å². The highest BCUT2D eigenvalue weighted by atomic mass is 32.1. The Labute approximate surface area is 120 Å². The summed E-state index contributed by atoms with van der Waals surface area (Å²) in [6.45, 7) is 2.08. The monoisotopic (exact) mass is 284 g/mol. The molecule has 20 heavy (non-hydrogen) atoms. The van der Waals surface area contributed by atoms with Crippen molar-refractivity contribution in [3.8, 4) is 6.07 Å². The zero-order valence-electron chi connectivity index (χ0n) is 10.9. The Bertz CT molecular complexity index is 693. The molecule has 0 spiro atoms. The van der Waals surface area contributed by atoms with Gasteiger partial charge in [0.1, 0.15) is 0 Å². The highest BCUT2D eigenvalue weighted by Gasteiger charge is 2.07. The van der Waals surface area contributed by atoms with Crippen LogP contribution in [0.5, 0.6) is 0 Å². The SMILES string of the molecule is CCc1ccc(/C=C(\C#N)c2ccc([N+](=O)[O-])cc2)s1. The molecule has 0 amide bonds. The highest BCUT2D eigenvalue weighted by molar-refractivity contribution is 7.12. The fourth-order valence-corrected chi connectivity index (χ4v) is 2.64. The van der Waals surface area contributed by atoms with E-state index in [0.29, 0.717) is 11.1 Å². The van der Waals surface area contributed by atoms with Crippen LogP contribution in [0.15, 0.2) is 36.4 Å². The zero-order chi connectivity index (χ0) is 14.5. The van der Waals surface area contributed by atoms with E-state index < -0.39 is 4.92 Å². The van der Waals surface area contributed by atoms with Gasteiger partial charge in [-0.3, -0.25) is 10.1 Å². The van der Waals surface area contributed by atoms with E-state index in [-0.39, 0.29) is 5.69 Å². The lowest BCUT2D eigenvalue weighted by Gasteiger charge is -1.98. The van der Waals surface area contributed by atoms with Crippen LogP contribution in [-0.4, -0.2) is 4.92 Å². The van der Waals surface area contributed by atoms with Gasteiger partial charge < -0.3 is 0 Å². The first-order valence-corrected chi connectivity index (χ1v) is 6.91. The topological polar surface area (TPSA) is 66.9 Å². The Morgan fingerprint density at radius 3 is 2.55 bits per heavy atom. The van der Waals surface area contributed by atoms with Gasteiger partial charge in [0.2, 0.25) is 0 Å². The number of nitriles is 1. The molecule has 4 nitrogen and oxygen atoms in total. The Morgan fingerprint density at radius 2 is 2.05 bits per heavy atom. The maximum Gasteiger partial charge on any atom is 0.269 e. The molecule has 0 aliphatic heterocycles. The predicted octanol–water partition coefficient (Wildman–Crippen LogP) is 4.28. The Hall–Kier alpha value is -2.45. The fourth-order valence-electron chi connectivity index (χ4n) is 1.75. The van der Waals surface area contributed by atoms with E-state index in [4.69, 9.17) is 0 Å². The lowest BCUT2D eigenvalue weighted by molar-refractivity contribution is -0.384. The first kappa shape index (κ1) is 14.0. The third-order valence-corrected chi connectivity index (χ3v) is 4.00. The van der Waals surface area contributed by atoms with E-state index in [1.54, 1.807) is 23.5 Å². The molecule has 2 aromatic rings. The Kier molecular flexibility index (Phi) is 4.28. The number of nitro benzene ring substituents is 1. The van der Waals surface area contributed by atoms with E-state index in [0.717, 1.165) is 11.3 Å². The predicted molar refractivity (Wildman–Crippen MR) is 80.3 cm³/mol. The van der Waals surface area contributed by atoms with E-state index >= 15 is 0 Å². The van der Waals surface area contributed by atoms with Crippen LogP contribution in [0.3, 0.4) is 0 Å². The molecule has 0 unspecified atom stereocenters. The number of hydrogen-bond acceptors (Lipinski definition) is 4. The molecule has 0 radical (unpaired) electrons. The third kappa shape index (κ3) is 3.11. The number of non-ortho nitro benzene ring substituents is 1. The molecule has 100 valence electrons. The van der Waals surface area contributed by atoms with Crippen LogP contribution in [0.25, 0.3) is 11.6 Å². The number of thiophene rings is 1.